The molecule has 0 radical (unpaired) electrons. The van der Waals surface area contributed by atoms with Crippen molar-refractivity contribution in [3.8, 4) is 22.8 Å². The molecular formula is C16H14N2O3. The molecule has 0 atom stereocenters. The number of H-pyrrole nitrogens is 1. The summed E-state index contributed by atoms with van der Waals surface area (Å²) in [6.07, 6.45) is 1.63. The van der Waals surface area contributed by atoms with Gasteiger partial charge in [0.2, 0.25) is 5.88 Å². The molecule has 0 aliphatic carbocycles. The second kappa shape index (κ2) is 4.94. The van der Waals surface area contributed by atoms with Crippen LogP contribution in [0.1, 0.15) is 17.4 Å². The van der Waals surface area contributed by atoms with Gasteiger partial charge in [0, 0.05) is 35.2 Å². The minimum atomic E-state index is -0.0911. The highest BCUT2D eigenvalue weighted by Crippen LogP contribution is 2.38. The summed E-state index contributed by atoms with van der Waals surface area (Å²) in [7, 11) is 1.53. The number of carbonyl (C=O) groups excluding carboxylic acids is 1. The van der Waals surface area contributed by atoms with Crippen LogP contribution >= 0.6 is 0 Å². The minimum Gasteiger partial charge on any atom is -0.508 e. The van der Waals surface area contributed by atoms with E-state index in [0.29, 0.717) is 22.7 Å². The zero-order chi connectivity index (χ0) is 15.0. The zero-order valence-corrected chi connectivity index (χ0v) is 11.7. The third kappa shape index (κ3) is 2.12. The molecule has 2 N–H and O–H groups in total. The summed E-state index contributed by atoms with van der Waals surface area (Å²) >= 11 is 0. The minimum absolute atomic E-state index is 0.0911. The molecular weight excluding hydrogens is 268 g/mol. The van der Waals surface area contributed by atoms with E-state index in [2.05, 4.69) is 9.97 Å². The summed E-state index contributed by atoms with van der Waals surface area (Å²) in [6.45, 7) is 1.50. The maximum absolute atomic E-state index is 11.9. The number of fused-ring (bicyclic) bond motifs is 1. The van der Waals surface area contributed by atoms with Crippen LogP contribution in [0, 0.1) is 0 Å². The smallest absolute Gasteiger partial charge is 0.221 e. The Bertz CT molecular complexity index is 837. The summed E-state index contributed by atoms with van der Waals surface area (Å²) in [4.78, 5) is 19.2. The molecule has 0 saturated heterocycles. The van der Waals surface area contributed by atoms with E-state index in [1.165, 1.54) is 14.0 Å². The van der Waals surface area contributed by atoms with Gasteiger partial charge >= 0.3 is 0 Å². The van der Waals surface area contributed by atoms with Crippen molar-refractivity contribution in [2.24, 2.45) is 0 Å². The molecule has 21 heavy (non-hydrogen) atoms. The maximum atomic E-state index is 11.9. The molecule has 0 spiro atoms. The first-order valence-corrected chi connectivity index (χ1v) is 6.47. The number of nitrogens with zero attached hydrogens (tertiary/aromatic N) is 1. The van der Waals surface area contributed by atoms with Crippen LogP contribution in [0.4, 0.5) is 0 Å². The first kappa shape index (κ1) is 13.2. The van der Waals surface area contributed by atoms with Gasteiger partial charge in [-0.25, -0.2) is 4.98 Å². The molecule has 0 fully saturated rings. The number of hydrogen-bond acceptors (Lipinski definition) is 4. The Morgan fingerprint density at radius 2 is 2.14 bits per heavy atom. The van der Waals surface area contributed by atoms with Crippen LogP contribution in [0.3, 0.4) is 0 Å². The highest BCUT2D eigenvalue weighted by Gasteiger charge is 2.20. The van der Waals surface area contributed by atoms with Gasteiger partial charge in [0.25, 0.3) is 0 Å². The standard InChI is InChI=1S/C16H14N2O3/c1-9(19)15-14(11-4-3-7-17-16(11)21-2)12-8-10(20)5-6-13(12)18-15/h3-8,18,20H,1-2H3. The third-order valence-electron chi connectivity index (χ3n) is 3.37. The molecule has 2 heterocycles. The highest BCUT2D eigenvalue weighted by molar-refractivity contribution is 6.10. The fourth-order valence-electron chi connectivity index (χ4n) is 2.47. The lowest BCUT2D eigenvalue weighted by Crippen LogP contribution is -1.97. The van der Waals surface area contributed by atoms with Crippen molar-refractivity contribution >= 4 is 16.7 Å². The molecule has 0 amide bonds. The van der Waals surface area contributed by atoms with Crippen molar-refractivity contribution in [1.82, 2.24) is 9.97 Å². The summed E-state index contributed by atoms with van der Waals surface area (Å²) in [5.41, 5.74) is 2.65. The van der Waals surface area contributed by atoms with E-state index < -0.39 is 0 Å². The van der Waals surface area contributed by atoms with Gasteiger partial charge in [-0.1, -0.05) is 0 Å². The number of phenolic OH excluding ortho intramolecular Hbond substituents is 1. The SMILES string of the molecule is COc1ncccc1-c1c(C(C)=O)[nH]c2ccc(O)cc12. The van der Waals surface area contributed by atoms with E-state index in [1.807, 2.05) is 6.07 Å². The number of pyridine rings is 1. The van der Waals surface area contributed by atoms with E-state index >= 15 is 0 Å². The first-order chi connectivity index (χ1) is 10.1. The number of rotatable bonds is 3. The van der Waals surface area contributed by atoms with E-state index in [-0.39, 0.29) is 11.5 Å². The lowest BCUT2D eigenvalue weighted by Gasteiger charge is -2.07. The van der Waals surface area contributed by atoms with E-state index in [9.17, 15) is 9.90 Å². The van der Waals surface area contributed by atoms with Gasteiger partial charge in [-0.05, 0) is 30.3 Å². The number of benzene rings is 1. The van der Waals surface area contributed by atoms with Crippen molar-refractivity contribution in [1.29, 1.82) is 0 Å². The van der Waals surface area contributed by atoms with Gasteiger partial charge in [-0.2, -0.15) is 0 Å². The van der Waals surface area contributed by atoms with Crippen LogP contribution < -0.4 is 4.74 Å². The molecule has 5 nitrogen and oxygen atoms in total. The largest absolute Gasteiger partial charge is 0.508 e. The van der Waals surface area contributed by atoms with Crippen LogP contribution in [-0.2, 0) is 0 Å². The van der Waals surface area contributed by atoms with Gasteiger partial charge < -0.3 is 14.8 Å². The van der Waals surface area contributed by atoms with Gasteiger partial charge in [0.05, 0.1) is 12.8 Å². The number of Topliss-reactive ketones (excluding diaryl/α,β-unsaturated/α-hetero) is 1. The molecule has 0 aliphatic heterocycles. The average molecular weight is 282 g/mol. The first-order valence-electron chi connectivity index (χ1n) is 6.47. The van der Waals surface area contributed by atoms with Crippen LogP contribution in [0.2, 0.25) is 0 Å². The number of aromatic amines is 1. The lowest BCUT2D eigenvalue weighted by molar-refractivity contribution is 0.101. The molecule has 1 aromatic carbocycles. The van der Waals surface area contributed by atoms with E-state index in [0.717, 1.165) is 10.9 Å². The van der Waals surface area contributed by atoms with Crippen LogP contribution in [0.25, 0.3) is 22.0 Å². The van der Waals surface area contributed by atoms with E-state index in [1.54, 1.807) is 30.5 Å². The second-order valence-corrected chi connectivity index (χ2v) is 4.72. The highest BCUT2D eigenvalue weighted by atomic mass is 16.5. The van der Waals surface area contributed by atoms with Crippen LogP contribution in [0.5, 0.6) is 11.6 Å². The quantitative estimate of drug-likeness (QED) is 0.724. The Kier molecular flexibility index (Phi) is 3.10. The van der Waals surface area contributed by atoms with E-state index in [4.69, 9.17) is 4.74 Å². The molecule has 0 bridgehead atoms. The zero-order valence-electron chi connectivity index (χ0n) is 11.7. The molecule has 3 rings (SSSR count). The summed E-state index contributed by atoms with van der Waals surface area (Å²) in [5.74, 6) is 0.483. The van der Waals surface area contributed by atoms with Crippen molar-refractivity contribution in [3.05, 3.63) is 42.2 Å². The van der Waals surface area contributed by atoms with Crippen molar-refractivity contribution in [3.63, 3.8) is 0 Å². The molecule has 0 unspecified atom stereocenters. The monoisotopic (exact) mass is 282 g/mol. The third-order valence-corrected chi connectivity index (χ3v) is 3.37. The maximum Gasteiger partial charge on any atom is 0.221 e. The normalized spacial score (nSPS) is 10.8. The topological polar surface area (TPSA) is 75.2 Å². The average Bonchev–Trinajstić information content (AvgIpc) is 2.85. The van der Waals surface area contributed by atoms with Crippen molar-refractivity contribution < 1.29 is 14.6 Å². The molecule has 3 aromatic rings. The number of nitrogens with one attached hydrogen (secondary N) is 1. The summed E-state index contributed by atoms with van der Waals surface area (Å²) in [6, 6.07) is 8.56. The molecule has 106 valence electrons. The lowest BCUT2D eigenvalue weighted by atomic mass is 10.0. The number of hydrogen-bond donors (Lipinski definition) is 2. The molecule has 0 aliphatic rings. The number of aromatic nitrogens is 2. The number of carbonyl (C=O) groups is 1. The number of ether oxygens (including phenoxy) is 1. The second-order valence-electron chi connectivity index (χ2n) is 4.72. The Labute approximate surface area is 121 Å². The summed E-state index contributed by atoms with van der Waals surface area (Å²) in [5, 5.41) is 10.5. The Balaban J connectivity index is 2.41. The van der Waals surface area contributed by atoms with Crippen LogP contribution in [-0.4, -0.2) is 28.0 Å². The number of ketones is 1. The Morgan fingerprint density at radius 3 is 2.86 bits per heavy atom. The van der Waals surface area contributed by atoms with Gasteiger partial charge in [-0.3, -0.25) is 4.79 Å². The fraction of sp³-hybridized carbons (Fsp3) is 0.125. The molecule has 5 heteroatoms. The predicted octanol–water partition coefficient (Wildman–Crippen LogP) is 3.15. The van der Waals surface area contributed by atoms with Crippen molar-refractivity contribution in [2.45, 2.75) is 6.92 Å². The van der Waals surface area contributed by atoms with Gasteiger partial charge in [-0.15, -0.1) is 0 Å². The number of phenols is 1. The molecule has 0 saturated carbocycles. The van der Waals surface area contributed by atoms with Gasteiger partial charge in [0.15, 0.2) is 5.78 Å². The number of aromatic hydroxyl groups is 1. The van der Waals surface area contributed by atoms with Crippen LogP contribution in [0.15, 0.2) is 36.5 Å². The molecule has 2 aromatic heterocycles. The Hall–Kier alpha value is -2.82. The number of methoxy groups -OCH3 is 1. The Morgan fingerprint density at radius 1 is 1.33 bits per heavy atom. The predicted molar refractivity (Wildman–Crippen MR) is 79.8 cm³/mol. The van der Waals surface area contributed by atoms with Crippen molar-refractivity contribution in [2.75, 3.05) is 7.11 Å². The summed E-state index contributed by atoms with van der Waals surface area (Å²) < 4.78 is 5.28. The van der Waals surface area contributed by atoms with Gasteiger partial charge in [0.1, 0.15) is 5.75 Å². The fourth-order valence-corrected chi connectivity index (χ4v) is 2.47.